The summed E-state index contributed by atoms with van der Waals surface area (Å²) in [6.07, 6.45) is 11.3. The summed E-state index contributed by atoms with van der Waals surface area (Å²) in [5.41, 5.74) is 2.13. The number of halogens is 24. The molecule has 11 aromatic carbocycles. The largest absolute Gasteiger partial charge is 0.432 e. The van der Waals surface area contributed by atoms with Crippen LogP contribution in [0.15, 0.2) is 182 Å². The predicted octanol–water partition coefficient (Wildman–Crippen LogP) is 33.4. The highest BCUT2D eigenvalue weighted by molar-refractivity contribution is 5.73. The van der Waals surface area contributed by atoms with Gasteiger partial charge in [-0.1, -0.05) is 183 Å². The van der Waals surface area contributed by atoms with E-state index in [4.69, 9.17) is 0 Å². The Morgan fingerprint density at radius 1 is 0.264 bits per heavy atom. The number of hydrogen-bond donors (Lipinski definition) is 0. The molecule has 0 heterocycles. The molecule has 3 nitrogen and oxygen atoms in total. The molecule has 0 spiro atoms. The van der Waals surface area contributed by atoms with Gasteiger partial charge in [0.05, 0.1) is 5.92 Å². The Labute approximate surface area is 732 Å². The molecule has 3 aliphatic carbocycles. The molecule has 27 heteroatoms. The highest BCUT2D eigenvalue weighted by Crippen LogP contribution is 2.48. The number of alkyl halides is 6. The van der Waals surface area contributed by atoms with E-state index in [0.717, 1.165) is 105 Å². The minimum Gasteiger partial charge on any atom is -0.432 e. The van der Waals surface area contributed by atoms with Crippen LogP contribution >= 0.6 is 0 Å². The van der Waals surface area contributed by atoms with Gasteiger partial charge in [0.15, 0.2) is 69.8 Å². The quantitative estimate of drug-likeness (QED) is 0.0292. The number of aryl methyl sites for hydroxylation is 2. The van der Waals surface area contributed by atoms with E-state index in [1.54, 1.807) is 0 Å². The number of benzene rings is 11. The highest BCUT2D eigenvalue weighted by Gasteiger charge is 2.47. The van der Waals surface area contributed by atoms with Gasteiger partial charge >= 0.3 is 18.3 Å². The third kappa shape index (κ3) is 25.4. The molecule has 14 rings (SSSR count). The van der Waals surface area contributed by atoms with Crippen molar-refractivity contribution in [1.29, 1.82) is 0 Å². The average molecular weight is 1820 g/mol. The van der Waals surface area contributed by atoms with Crippen molar-refractivity contribution < 1.29 is 120 Å². The summed E-state index contributed by atoms with van der Waals surface area (Å²) < 4.78 is 348. The van der Waals surface area contributed by atoms with Crippen LogP contribution in [0, 0.1) is 134 Å². The second kappa shape index (κ2) is 44.2. The van der Waals surface area contributed by atoms with Crippen LogP contribution in [0.1, 0.15) is 196 Å². The van der Waals surface area contributed by atoms with E-state index in [2.05, 4.69) is 41.9 Å². The molecule has 3 aliphatic rings. The molecule has 0 aliphatic heterocycles. The Hall–Kier alpha value is -10.9. The molecule has 11 aromatic rings. The monoisotopic (exact) mass is 1820 g/mol. The van der Waals surface area contributed by atoms with E-state index in [0.29, 0.717) is 94.8 Å². The van der Waals surface area contributed by atoms with Crippen LogP contribution < -0.4 is 14.2 Å². The Balaban J connectivity index is 0.000000169. The van der Waals surface area contributed by atoms with Crippen molar-refractivity contribution in [2.75, 3.05) is 0 Å². The van der Waals surface area contributed by atoms with Crippen molar-refractivity contribution in [2.45, 2.75) is 200 Å². The maximum absolute atomic E-state index is 15.0. The molecule has 0 radical (unpaired) electrons. The van der Waals surface area contributed by atoms with E-state index in [-0.39, 0.29) is 46.5 Å². The summed E-state index contributed by atoms with van der Waals surface area (Å²) in [6, 6.07) is 36.2. The lowest BCUT2D eigenvalue weighted by Gasteiger charge is -2.39. The minimum absolute atomic E-state index is 0.103. The van der Waals surface area contributed by atoms with E-state index < -0.39 is 157 Å². The van der Waals surface area contributed by atoms with Crippen LogP contribution in [-0.4, -0.2) is 6.11 Å². The molecule has 3 fully saturated rings. The summed E-state index contributed by atoms with van der Waals surface area (Å²) in [5, 5.41) is 0. The third-order valence-corrected chi connectivity index (χ3v) is 24.1. The van der Waals surface area contributed by atoms with Crippen LogP contribution in [0.4, 0.5) is 105 Å². The fraction of sp³-hybridized carbons (Fsp3) is 0.353. The van der Waals surface area contributed by atoms with Crippen molar-refractivity contribution in [1.82, 2.24) is 0 Å². The summed E-state index contributed by atoms with van der Waals surface area (Å²) in [6.45, 7) is 8.66. The summed E-state index contributed by atoms with van der Waals surface area (Å²) in [5.74, 6) is -29.2. The van der Waals surface area contributed by atoms with Gasteiger partial charge in [0.1, 0.15) is 63.3 Å². The predicted molar refractivity (Wildman–Crippen MR) is 447 cm³/mol. The van der Waals surface area contributed by atoms with Crippen LogP contribution in [-0.2, 0) is 25.1 Å². The SMILES string of the molecule is CCCC1CCC(C2CCC(C(F)(F)Oc3cc(F)c(F)c(F)c3)CC2)CC1.CCCC1CCC(c2ccc(-c3cc(F)c(F)c(F)c3)cc2)CC1.CCCCCc1ccc(-c2ccc(-c3cc(F)c(C(F)(F)Oc4cc(F)c(F)c(F)c4)c(F)c3)c(F)c2)cc1.CCCCc1ccc(-c2ccc(-c3cc(F)c(C(F)(F)Oc4cc(F)c(F)c(F)c4)c(F)c3)c(F)c2)cc1. The van der Waals surface area contributed by atoms with E-state index in [1.807, 2.05) is 72.8 Å². The van der Waals surface area contributed by atoms with Crippen molar-refractivity contribution in [2.24, 2.45) is 29.6 Å². The van der Waals surface area contributed by atoms with Crippen LogP contribution in [0.5, 0.6) is 17.2 Å². The first-order valence-electron chi connectivity index (χ1n) is 43.0. The number of ether oxygens (including phenoxy) is 3. The maximum atomic E-state index is 15.0. The molecule has 0 unspecified atom stereocenters. The second-order valence-corrected chi connectivity index (χ2v) is 33.0. The van der Waals surface area contributed by atoms with Crippen molar-refractivity contribution in [3.05, 3.63) is 315 Å². The van der Waals surface area contributed by atoms with Gasteiger partial charge in [0, 0.05) is 47.5 Å². The second-order valence-electron chi connectivity index (χ2n) is 33.0. The molecule has 3 saturated carbocycles. The number of hydrogen-bond acceptors (Lipinski definition) is 3. The van der Waals surface area contributed by atoms with Gasteiger partial charge in [-0.25, -0.2) is 79.0 Å². The fourth-order valence-electron chi connectivity index (χ4n) is 17.1. The highest BCUT2D eigenvalue weighted by atomic mass is 19.3. The molecule has 0 atom stereocenters. The molecule has 129 heavy (non-hydrogen) atoms. The zero-order valence-corrected chi connectivity index (χ0v) is 70.8. The maximum Gasteiger partial charge on any atom is 0.432 e. The number of unbranched alkanes of at least 4 members (excludes halogenated alkanes) is 3. The Bertz CT molecular complexity index is 5460. The van der Waals surface area contributed by atoms with Gasteiger partial charge in [-0.3, -0.25) is 0 Å². The zero-order chi connectivity index (χ0) is 93.3. The third-order valence-electron chi connectivity index (χ3n) is 24.1. The molecule has 0 bridgehead atoms. The lowest BCUT2D eigenvalue weighted by molar-refractivity contribution is -0.224. The van der Waals surface area contributed by atoms with Crippen molar-refractivity contribution >= 4 is 0 Å². The van der Waals surface area contributed by atoms with Gasteiger partial charge in [-0.15, -0.1) is 0 Å². The molecular weight excluding hydrogens is 1730 g/mol. The standard InChI is InChI=1S/C30H22F8O.C29H20F8O.C22H29F5O.C21H23F3/c1-2-3-4-5-17-6-8-18(9-7-17)19-10-11-22(23(31)12-19)20-13-24(32)28(25(33)14-20)30(37,38)39-21-15-26(34)29(36)27(35)16-21;1-2-3-4-16-5-7-17(8-6-16)18-9-10-21(22(30)11-18)19-12-23(31)27(24(32)13-19)29(36,37)38-20-14-25(33)28(35)26(34)15-20;1-2-3-14-4-6-15(7-5-14)16-8-10-17(11-9-16)22(26,27)28-18-12-19(23)21(25)20(24)13-18;1-2-3-14-4-6-15(7-5-14)16-8-10-17(11-9-16)18-12-19(22)21(24)20(23)13-18/h6-16H,2-5H2,1H3;5-15H,2-4H2,1H3;12-17H,2-11H2,1H3;8-15H,2-7H2,1H3. The van der Waals surface area contributed by atoms with Gasteiger partial charge in [0.25, 0.3) is 0 Å². The van der Waals surface area contributed by atoms with E-state index in [1.165, 1.54) is 113 Å². The van der Waals surface area contributed by atoms with E-state index in [9.17, 15) is 105 Å². The number of rotatable bonds is 27. The smallest absolute Gasteiger partial charge is 0.432 e. The van der Waals surface area contributed by atoms with Gasteiger partial charge < -0.3 is 14.2 Å². The normalized spacial score (nSPS) is 17.1. The first kappa shape index (κ1) is 98.7. The Morgan fingerprint density at radius 3 is 0.907 bits per heavy atom. The van der Waals surface area contributed by atoms with E-state index >= 15 is 0 Å². The Kier molecular flexibility index (Phi) is 33.8. The molecule has 0 N–H and O–H groups in total. The van der Waals surface area contributed by atoms with Crippen LogP contribution in [0.3, 0.4) is 0 Å². The average Bonchev–Trinajstić information content (AvgIpc) is 0.772. The van der Waals surface area contributed by atoms with Crippen LogP contribution in [0.2, 0.25) is 0 Å². The summed E-state index contributed by atoms with van der Waals surface area (Å²) in [7, 11) is 0. The minimum atomic E-state index is -4.74. The van der Waals surface area contributed by atoms with Gasteiger partial charge in [-0.2, -0.15) is 26.3 Å². The molecule has 688 valence electrons. The summed E-state index contributed by atoms with van der Waals surface area (Å²) in [4.78, 5) is 0. The molecule has 0 aromatic heterocycles. The van der Waals surface area contributed by atoms with Crippen molar-refractivity contribution in [3.8, 4) is 72.9 Å². The molecule has 0 saturated heterocycles. The molecule has 0 amide bonds. The van der Waals surface area contributed by atoms with Crippen LogP contribution in [0.25, 0.3) is 55.6 Å². The first-order chi connectivity index (χ1) is 61.4. The lowest BCUT2D eigenvalue weighted by Crippen LogP contribution is -2.38. The fourth-order valence-corrected chi connectivity index (χ4v) is 17.1. The van der Waals surface area contributed by atoms with Crippen molar-refractivity contribution in [3.63, 3.8) is 0 Å². The van der Waals surface area contributed by atoms with Gasteiger partial charge in [0.2, 0.25) is 0 Å². The molecular formula is C102H94F24O3. The zero-order valence-electron chi connectivity index (χ0n) is 70.8. The topological polar surface area (TPSA) is 27.7 Å². The summed E-state index contributed by atoms with van der Waals surface area (Å²) >= 11 is 0. The first-order valence-corrected chi connectivity index (χ1v) is 43.0. The Morgan fingerprint density at radius 2 is 0.558 bits per heavy atom. The van der Waals surface area contributed by atoms with Gasteiger partial charge in [-0.05, 0) is 229 Å². The lowest BCUT2D eigenvalue weighted by atomic mass is 9.68.